The van der Waals surface area contributed by atoms with Crippen molar-refractivity contribution >= 4 is 23.0 Å². The van der Waals surface area contributed by atoms with Gasteiger partial charge in [0.05, 0.1) is 5.71 Å². The van der Waals surface area contributed by atoms with E-state index in [0.29, 0.717) is 17.4 Å². The summed E-state index contributed by atoms with van der Waals surface area (Å²) in [5.74, 6) is 0. The second-order valence-corrected chi connectivity index (χ2v) is 3.19. The summed E-state index contributed by atoms with van der Waals surface area (Å²) < 4.78 is 5.07. The quantitative estimate of drug-likeness (QED) is 0.296. The second-order valence-electron chi connectivity index (χ2n) is 2.82. The molecule has 0 spiro atoms. The van der Waals surface area contributed by atoms with E-state index in [9.17, 15) is 0 Å². The number of unbranched alkanes of at least 4 members (excludes halogenated alkanes) is 2. The van der Waals surface area contributed by atoms with Crippen molar-refractivity contribution in [1.29, 1.82) is 5.41 Å². The normalized spacial score (nSPS) is 9.31. The molecule has 2 nitrogen and oxygen atoms in total. The number of rotatable bonds is 7. The first-order valence-electron chi connectivity index (χ1n) is 4.57. The second kappa shape index (κ2) is 7.92. The van der Waals surface area contributed by atoms with Gasteiger partial charge in [0.1, 0.15) is 6.61 Å². The summed E-state index contributed by atoms with van der Waals surface area (Å²) in [6.45, 7) is 6.05. The molecule has 0 radical (unpaired) electrons. The number of ether oxygens (including phenoxy) is 1. The molecule has 0 saturated carbocycles. The van der Waals surface area contributed by atoms with Crippen LogP contribution in [0, 0.1) is 5.41 Å². The Morgan fingerprint density at radius 1 is 1.54 bits per heavy atom. The van der Waals surface area contributed by atoms with E-state index in [1.54, 1.807) is 6.08 Å². The third-order valence-electron chi connectivity index (χ3n) is 1.61. The Balaban J connectivity index is 3.57. The topological polar surface area (TPSA) is 33.1 Å². The van der Waals surface area contributed by atoms with Crippen molar-refractivity contribution in [3.63, 3.8) is 0 Å². The summed E-state index contributed by atoms with van der Waals surface area (Å²) in [5, 5.41) is 7.87. The van der Waals surface area contributed by atoms with E-state index >= 15 is 0 Å². The van der Waals surface area contributed by atoms with E-state index in [0.717, 1.165) is 25.7 Å². The molecule has 0 atom stereocenters. The molecule has 13 heavy (non-hydrogen) atoms. The van der Waals surface area contributed by atoms with Crippen molar-refractivity contribution in [1.82, 2.24) is 0 Å². The van der Waals surface area contributed by atoms with Crippen molar-refractivity contribution in [2.24, 2.45) is 0 Å². The third kappa shape index (κ3) is 6.46. The summed E-state index contributed by atoms with van der Waals surface area (Å²) >= 11 is 4.90. The predicted octanol–water partition coefficient (Wildman–Crippen LogP) is 3.12. The van der Waals surface area contributed by atoms with E-state index in [4.69, 9.17) is 22.4 Å². The minimum Gasteiger partial charge on any atom is -0.478 e. The zero-order valence-electron chi connectivity index (χ0n) is 8.14. The Bertz CT molecular complexity index is 189. The molecule has 74 valence electrons. The lowest BCUT2D eigenvalue weighted by Crippen LogP contribution is -2.14. The highest BCUT2D eigenvalue weighted by Gasteiger charge is 2.04. The molecule has 0 fully saturated rings. The number of nitrogens with one attached hydrogen (secondary N) is 1. The molecule has 0 aromatic carbocycles. The Kier molecular flexibility index (Phi) is 7.50. The van der Waals surface area contributed by atoms with Crippen LogP contribution in [0.5, 0.6) is 0 Å². The molecule has 0 rings (SSSR count). The standard InChI is InChI=1S/C10H17NOS/c1-3-5-6-7-9(11)10(13)12-8-4-2/h4,11H,2-3,5-8H2,1H3. The van der Waals surface area contributed by atoms with Gasteiger partial charge in [0.25, 0.3) is 0 Å². The molecular formula is C10H17NOS. The van der Waals surface area contributed by atoms with Crippen molar-refractivity contribution in [3.8, 4) is 0 Å². The summed E-state index contributed by atoms with van der Waals surface area (Å²) in [4.78, 5) is 0. The molecule has 0 aromatic heterocycles. The fourth-order valence-corrected chi connectivity index (χ4v) is 1.05. The lowest BCUT2D eigenvalue weighted by molar-refractivity contribution is 0.366. The Hall–Kier alpha value is -0.700. The lowest BCUT2D eigenvalue weighted by Gasteiger charge is -2.05. The predicted molar refractivity (Wildman–Crippen MR) is 60.6 cm³/mol. The van der Waals surface area contributed by atoms with Crippen LogP contribution < -0.4 is 0 Å². The fourth-order valence-electron chi connectivity index (χ4n) is 0.876. The minimum absolute atomic E-state index is 0.316. The van der Waals surface area contributed by atoms with E-state index in [1.165, 1.54) is 0 Å². The van der Waals surface area contributed by atoms with Crippen LogP contribution in [-0.2, 0) is 4.74 Å². The molecule has 0 aliphatic rings. The van der Waals surface area contributed by atoms with Gasteiger partial charge in [-0.1, -0.05) is 32.4 Å². The van der Waals surface area contributed by atoms with Gasteiger partial charge < -0.3 is 10.1 Å². The molecule has 0 saturated heterocycles. The lowest BCUT2D eigenvalue weighted by atomic mass is 10.1. The van der Waals surface area contributed by atoms with E-state index in [-0.39, 0.29) is 0 Å². The highest BCUT2D eigenvalue weighted by molar-refractivity contribution is 7.81. The first-order chi connectivity index (χ1) is 6.22. The monoisotopic (exact) mass is 199 g/mol. The maximum Gasteiger partial charge on any atom is 0.205 e. The summed E-state index contributed by atoms with van der Waals surface area (Å²) in [7, 11) is 0. The van der Waals surface area contributed by atoms with E-state index < -0.39 is 0 Å². The van der Waals surface area contributed by atoms with Crippen molar-refractivity contribution in [3.05, 3.63) is 12.7 Å². The van der Waals surface area contributed by atoms with Crippen LogP contribution in [-0.4, -0.2) is 17.4 Å². The Morgan fingerprint density at radius 2 is 2.23 bits per heavy atom. The van der Waals surface area contributed by atoms with Crippen LogP contribution in [0.2, 0.25) is 0 Å². The molecule has 0 aliphatic carbocycles. The van der Waals surface area contributed by atoms with Gasteiger partial charge in [-0.15, -0.1) is 0 Å². The first kappa shape index (κ1) is 12.3. The molecule has 3 heteroatoms. The SMILES string of the molecule is C=CCOC(=S)C(=N)CCCCC. The van der Waals surface area contributed by atoms with Gasteiger partial charge in [0, 0.05) is 0 Å². The third-order valence-corrected chi connectivity index (χ3v) is 1.97. The Labute approximate surface area is 85.5 Å². The molecule has 0 bridgehead atoms. The van der Waals surface area contributed by atoms with Crippen LogP contribution >= 0.6 is 12.2 Å². The van der Waals surface area contributed by atoms with E-state index in [1.807, 2.05) is 0 Å². The van der Waals surface area contributed by atoms with Gasteiger partial charge in [0.2, 0.25) is 5.05 Å². The molecular weight excluding hydrogens is 182 g/mol. The zero-order valence-corrected chi connectivity index (χ0v) is 8.95. The van der Waals surface area contributed by atoms with Crippen LogP contribution in [0.1, 0.15) is 32.6 Å². The number of thiocarbonyl (C=S) groups is 1. The largest absolute Gasteiger partial charge is 0.478 e. The van der Waals surface area contributed by atoms with Gasteiger partial charge in [0.15, 0.2) is 0 Å². The van der Waals surface area contributed by atoms with Crippen molar-refractivity contribution in [2.75, 3.05) is 6.61 Å². The van der Waals surface area contributed by atoms with Gasteiger partial charge >= 0.3 is 0 Å². The van der Waals surface area contributed by atoms with Crippen molar-refractivity contribution < 1.29 is 4.74 Å². The van der Waals surface area contributed by atoms with Crippen LogP contribution in [0.25, 0.3) is 0 Å². The van der Waals surface area contributed by atoms with Gasteiger partial charge in [-0.25, -0.2) is 0 Å². The summed E-state index contributed by atoms with van der Waals surface area (Å²) in [5.41, 5.74) is 0.435. The van der Waals surface area contributed by atoms with E-state index in [2.05, 4.69) is 13.5 Å². The van der Waals surface area contributed by atoms with Crippen LogP contribution in [0.4, 0.5) is 0 Å². The number of hydrogen-bond donors (Lipinski definition) is 1. The molecule has 0 unspecified atom stereocenters. The first-order valence-corrected chi connectivity index (χ1v) is 4.98. The number of hydrogen-bond acceptors (Lipinski definition) is 3. The van der Waals surface area contributed by atoms with Gasteiger partial charge in [-0.3, -0.25) is 0 Å². The van der Waals surface area contributed by atoms with Crippen LogP contribution in [0.15, 0.2) is 12.7 Å². The molecule has 0 amide bonds. The minimum atomic E-state index is 0.316. The van der Waals surface area contributed by atoms with Gasteiger partial charge in [-0.05, 0) is 25.1 Å². The molecule has 0 heterocycles. The fraction of sp³-hybridized carbons (Fsp3) is 0.600. The highest BCUT2D eigenvalue weighted by Crippen LogP contribution is 2.01. The highest BCUT2D eigenvalue weighted by atomic mass is 32.1. The molecule has 0 aliphatic heterocycles. The maximum atomic E-state index is 7.55. The average Bonchev–Trinajstić information content (AvgIpc) is 2.14. The zero-order chi connectivity index (χ0) is 10.1. The maximum absolute atomic E-state index is 7.55. The summed E-state index contributed by atoms with van der Waals surface area (Å²) in [6, 6.07) is 0. The Morgan fingerprint density at radius 3 is 2.77 bits per heavy atom. The molecule has 0 aromatic rings. The van der Waals surface area contributed by atoms with Crippen LogP contribution in [0.3, 0.4) is 0 Å². The smallest absolute Gasteiger partial charge is 0.205 e. The van der Waals surface area contributed by atoms with Gasteiger partial charge in [-0.2, -0.15) is 0 Å². The average molecular weight is 199 g/mol. The van der Waals surface area contributed by atoms with Crippen molar-refractivity contribution in [2.45, 2.75) is 32.6 Å². The summed E-state index contributed by atoms with van der Waals surface area (Å²) in [6.07, 6.45) is 5.68. The molecule has 1 N–H and O–H groups in total.